The van der Waals surface area contributed by atoms with Crippen LogP contribution in [0.25, 0.3) is 0 Å². The maximum Gasteiger partial charge on any atom is 0.191 e. The van der Waals surface area contributed by atoms with Crippen molar-refractivity contribution in [3.8, 4) is 0 Å². The highest BCUT2D eigenvalue weighted by molar-refractivity contribution is 5.79. The monoisotopic (exact) mass is 315 g/mol. The van der Waals surface area contributed by atoms with Gasteiger partial charge in [-0.25, -0.2) is 0 Å². The third kappa shape index (κ3) is 15.6. The first-order valence-electron chi connectivity index (χ1n) is 8.58. The lowest BCUT2D eigenvalue weighted by Gasteiger charge is -2.18. The summed E-state index contributed by atoms with van der Waals surface area (Å²) in [5, 5.41) is 6.68. The van der Waals surface area contributed by atoms with Crippen LogP contribution in [0.1, 0.15) is 53.4 Å². The molecule has 0 amide bonds. The normalized spacial score (nSPS) is 12.5. The number of aliphatic imine (C=N–C) groups is 1. The predicted octanol–water partition coefficient (Wildman–Crippen LogP) is 2.81. The van der Waals surface area contributed by atoms with Crippen molar-refractivity contribution in [2.75, 3.05) is 46.6 Å². The van der Waals surface area contributed by atoms with Crippen LogP contribution < -0.4 is 10.6 Å². The molecule has 0 saturated heterocycles. The van der Waals surface area contributed by atoms with Crippen LogP contribution in [0.2, 0.25) is 0 Å². The zero-order valence-corrected chi connectivity index (χ0v) is 15.3. The number of guanidine groups is 1. The van der Waals surface area contributed by atoms with Gasteiger partial charge in [0.1, 0.15) is 0 Å². The summed E-state index contributed by atoms with van der Waals surface area (Å²) in [6.45, 7) is 13.7. The molecule has 0 aliphatic rings. The lowest BCUT2D eigenvalue weighted by Crippen LogP contribution is -2.38. The molecule has 5 heteroatoms. The lowest BCUT2D eigenvalue weighted by atomic mass is 9.90. The van der Waals surface area contributed by atoms with Crippen molar-refractivity contribution in [3.05, 3.63) is 0 Å². The molecular weight excluding hydrogens is 278 g/mol. The van der Waals surface area contributed by atoms with E-state index in [1.54, 1.807) is 7.11 Å². The Labute approximate surface area is 137 Å². The van der Waals surface area contributed by atoms with E-state index in [0.29, 0.717) is 18.6 Å². The van der Waals surface area contributed by atoms with E-state index >= 15 is 0 Å². The molecule has 0 atom stereocenters. The standard InChI is InChI=1S/C17H37N3O2/c1-6-18-16(19-11-8-7-10-17(2,3)4)20-12-9-13-22-15-14-21-5/h6-15H2,1-5H3,(H2,18,19,20). The van der Waals surface area contributed by atoms with Crippen LogP contribution in [-0.4, -0.2) is 52.5 Å². The maximum absolute atomic E-state index is 5.43. The SMILES string of the molecule is CCNC(=NCCCOCCOC)NCCCCC(C)(C)C. The Morgan fingerprint density at radius 1 is 1.00 bits per heavy atom. The van der Waals surface area contributed by atoms with Gasteiger partial charge < -0.3 is 20.1 Å². The Balaban J connectivity index is 3.72. The van der Waals surface area contributed by atoms with Crippen LogP contribution in [0.5, 0.6) is 0 Å². The smallest absolute Gasteiger partial charge is 0.191 e. The Hall–Kier alpha value is -0.810. The van der Waals surface area contributed by atoms with E-state index in [4.69, 9.17) is 9.47 Å². The maximum atomic E-state index is 5.43. The molecule has 5 nitrogen and oxygen atoms in total. The molecule has 0 fully saturated rings. The summed E-state index contributed by atoms with van der Waals surface area (Å²) in [4.78, 5) is 4.56. The summed E-state index contributed by atoms with van der Waals surface area (Å²) in [7, 11) is 1.68. The number of hydrogen-bond acceptors (Lipinski definition) is 3. The van der Waals surface area contributed by atoms with Gasteiger partial charge in [0.25, 0.3) is 0 Å². The molecule has 0 aliphatic carbocycles. The molecule has 22 heavy (non-hydrogen) atoms. The van der Waals surface area contributed by atoms with Crippen LogP contribution in [0.4, 0.5) is 0 Å². The predicted molar refractivity (Wildman–Crippen MR) is 94.6 cm³/mol. The zero-order valence-electron chi connectivity index (χ0n) is 15.3. The van der Waals surface area contributed by atoms with Crippen LogP contribution in [-0.2, 0) is 9.47 Å². The number of nitrogens with one attached hydrogen (secondary N) is 2. The zero-order chi connectivity index (χ0) is 16.7. The molecule has 0 rings (SSSR count). The highest BCUT2D eigenvalue weighted by Crippen LogP contribution is 2.21. The molecule has 0 heterocycles. The number of methoxy groups -OCH3 is 1. The van der Waals surface area contributed by atoms with Crippen LogP contribution >= 0.6 is 0 Å². The average Bonchev–Trinajstić information content (AvgIpc) is 2.44. The number of unbranched alkanes of at least 4 members (excludes halogenated alkanes) is 1. The van der Waals surface area contributed by atoms with Gasteiger partial charge in [0.2, 0.25) is 0 Å². The first kappa shape index (κ1) is 21.2. The third-order valence-corrected chi connectivity index (χ3v) is 3.14. The number of nitrogens with zero attached hydrogens (tertiary/aromatic N) is 1. The number of ether oxygens (including phenoxy) is 2. The van der Waals surface area contributed by atoms with Crippen molar-refractivity contribution in [3.63, 3.8) is 0 Å². The minimum atomic E-state index is 0.432. The van der Waals surface area contributed by atoms with E-state index in [1.807, 2.05) is 0 Å². The van der Waals surface area contributed by atoms with Crippen LogP contribution in [0, 0.1) is 5.41 Å². The molecule has 0 bridgehead atoms. The van der Waals surface area contributed by atoms with Gasteiger partial charge >= 0.3 is 0 Å². The van der Waals surface area contributed by atoms with E-state index in [2.05, 4.69) is 43.3 Å². The molecule has 2 N–H and O–H groups in total. The van der Waals surface area contributed by atoms with Crippen molar-refractivity contribution >= 4 is 5.96 Å². The van der Waals surface area contributed by atoms with Gasteiger partial charge in [-0.15, -0.1) is 0 Å². The van der Waals surface area contributed by atoms with Gasteiger partial charge in [0.05, 0.1) is 13.2 Å². The summed E-state index contributed by atoms with van der Waals surface area (Å²) in [6, 6.07) is 0. The van der Waals surface area contributed by atoms with E-state index in [-0.39, 0.29) is 0 Å². The number of rotatable bonds is 12. The van der Waals surface area contributed by atoms with Gasteiger partial charge in [-0.3, -0.25) is 4.99 Å². The summed E-state index contributed by atoms with van der Waals surface area (Å²) < 4.78 is 10.4. The Bertz CT molecular complexity index is 276. The average molecular weight is 316 g/mol. The second-order valence-corrected chi connectivity index (χ2v) is 6.66. The van der Waals surface area contributed by atoms with Gasteiger partial charge in [-0.05, 0) is 31.6 Å². The second kappa shape index (κ2) is 13.8. The summed E-state index contributed by atoms with van der Waals surface area (Å²) >= 11 is 0. The summed E-state index contributed by atoms with van der Waals surface area (Å²) in [5.41, 5.74) is 0.432. The molecular formula is C17H37N3O2. The third-order valence-electron chi connectivity index (χ3n) is 3.14. The molecule has 132 valence electrons. The van der Waals surface area contributed by atoms with Gasteiger partial charge in [0, 0.05) is 33.4 Å². The Morgan fingerprint density at radius 3 is 2.41 bits per heavy atom. The van der Waals surface area contributed by atoms with Crippen molar-refractivity contribution in [2.45, 2.75) is 53.4 Å². The molecule has 0 saturated carbocycles. The van der Waals surface area contributed by atoms with Crippen molar-refractivity contribution in [2.24, 2.45) is 10.4 Å². The Kier molecular flexibility index (Phi) is 13.3. The molecule has 0 spiro atoms. The quantitative estimate of drug-likeness (QED) is 0.330. The van der Waals surface area contributed by atoms with E-state index in [0.717, 1.165) is 38.6 Å². The van der Waals surface area contributed by atoms with Crippen molar-refractivity contribution < 1.29 is 9.47 Å². The molecule has 0 radical (unpaired) electrons. The van der Waals surface area contributed by atoms with Gasteiger partial charge in [0.15, 0.2) is 5.96 Å². The van der Waals surface area contributed by atoms with Crippen molar-refractivity contribution in [1.29, 1.82) is 0 Å². The highest BCUT2D eigenvalue weighted by Gasteiger charge is 2.08. The lowest BCUT2D eigenvalue weighted by molar-refractivity contribution is 0.0702. The molecule has 0 aromatic rings. The van der Waals surface area contributed by atoms with E-state index < -0.39 is 0 Å². The first-order valence-corrected chi connectivity index (χ1v) is 8.58. The largest absolute Gasteiger partial charge is 0.382 e. The Morgan fingerprint density at radius 2 is 1.77 bits per heavy atom. The minimum absolute atomic E-state index is 0.432. The molecule has 0 aromatic carbocycles. The number of hydrogen-bond donors (Lipinski definition) is 2. The fraction of sp³-hybridized carbons (Fsp3) is 0.941. The molecule has 0 aromatic heterocycles. The second-order valence-electron chi connectivity index (χ2n) is 6.66. The minimum Gasteiger partial charge on any atom is -0.382 e. The highest BCUT2D eigenvalue weighted by atomic mass is 16.5. The first-order chi connectivity index (χ1) is 10.5. The van der Waals surface area contributed by atoms with E-state index in [9.17, 15) is 0 Å². The molecule has 0 aliphatic heterocycles. The summed E-state index contributed by atoms with van der Waals surface area (Å²) in [5.74, 6) is 0.912. The van der Waals surface area contributed by atoms with Gasteiger partial charge in [-0.1, -0.05) is 27.2 Å². The topological polar surface area (TPSA) is 54.9 Å². The van der Waals surface area contributed by atoms with Crippen molar-refractivity contribution in [1.82, 2.24) is 10.6 Å². The van der Waals surface area contributed by atoms with Crippen LogP contribution in [0.15, 0.2) is 4.99 Å². The molecule has 0 unspecified atom stereocenters. The van der Waals surface area contributed by atoms with E-state index in [1.165, 1.54) is 19.3 Å². The summed E-state index contributed by atoms with van der Waals surface area (Å²) in [6.07, 6.45) is 4.64. The fourth-order valence-electron chi connectivity index (χ4n) is 1.93. The fourth-order valence-corrected chi connectivity index (χ4v) is 1.93. The van der Waals surface area contributed by atoms with Gasteiger partial charge in [-0.2, -0.15) is 0 Å². The van der Waals surface area contributed by atoms with Crippen LogP contribution in [0.3, 0.4) is 0 Å².